The van der Waals surface area contributed by atoms with Crippen molar-refractivity contribution in [2.24, 2.45) is 10.8 Å². The normalized spacial score (nSPS) is 25.7. The number of cyclic esters (lactones) is 2. The van der Waals surface area contributed by atoms with Gasteiger partial charge in [-0.2, -0.15) is 0 Å². The molecule has 0 bridgehead atoms. The fourth-order valence-electron chi connectivity index (χ4n) is 8.15. The van der Waals surface area contributed by atoms with Gasteiger partial charge in [0.2, 0.25) is 11.5 Å². The first-order valence-electron chi connectivity index (χ1n) is 22.2. The molecule has 0 aromatic rings. The van der Waals surface area contributed by atoms with Crippen molar-refractivity contribution in [2.75, 3.05) is 19.8 Å². The lowest BCUT2D eigenvalue weighted by atomic mass is 9.71. The molecule has 4 aliphatic rings. The Balaban J connectivity index is 1.26. The molecule has 0 saturated carbocycles. The number of aliphatic hydroxyl groups excluding tert-OH is 6. The van der Waals surface area contributed by atoms with Crippen LogP contribution in [0.1, 0.15) is 82.1 Å². The van der Waals surface area contributed by atoms with Crippen molar-refractivity contribution in [3.8, 4) is 0 Å². The summed E-state index contributed by atoms with van der Waals surface area (Å²) in [6.45, 7) is 18.1. The lowest BCUT2D eigenvalue weighted by Crippen LogP contribution is -2.41. The van der Waals surface area contributed by atoms with Crippen LogP contribution >= 0.6 is 0 Å². The van der Waals surface area contributed by atoms with Gasteiger partial charge in [0, 0.05) is 5.57 Å². The molecule has 14 nitrogen and oxygen atoms in total. The van der Waals surface area contributed by atoms with Gasteiger partial charge in [-0.3, -0.25) is 9.59 Å². The number of carbonyl (C=O) groups is 4. The van der Waals surface area contributed by atoms with Gasteiger partial charge in [0.15, 0.2) is 29.5 Å². The summed E-state index contributed by atoms with van der Waals surface area (Å²) >= 11 is 0. The Kier molecular flexibility index (Phi) is 18.6. The summed E-state index contributed by atoms with van der Waals surface area (Å²) in [5.74, 6) is -5.05. The first-order valence-corrected chi connectivity index (χ1v) is 22.2. The molecule has 0 aromatic heterocycles. The van der Waals surface area contributed by atoms with Crippen LogP contribution in [0.5, 0.6) is 0 Å². The quantitative estimate of drug-likeness (QED) is 0.0540. The average Bonchev–Trinajstić information content (AvgIpc) is 3.70. The summed E-state index contributed by atoms with van der Waals surface area (Å²) in [4.78, 5) is 49.7. The minimum Gasteiger partial charge on any atom is -0.505 e. The van der Waals surface area contributed by atoms with Gasteiger partial charge in [-0.15, -0.1) is 0 Å². The van der Waals surface area contributed by atoms with Crippen LogP contribution in [0.15, 0.2) is 152 Å². The monoisotopic (exact) mass is 926 g/mol. The molecule has 6 unspecified atom stereocenters. The van der Waals surface area contributed by atoms with Gasteiger partial charge in [-0.05, 0) is 87.5 Å². The van der Waals surface area contributed by atoms with Crippen LogP contribution < -0.4 is 0 Å². The number of hydrogen-bond donors (Lipinski definition) is 6. The molecule has 2 aliphatic heterocycles. The molecule has 0 aromatic carbocycles. The van der Waals surface area contributed by atoms with E-state index >= 15 is 0 Å². The van der Waals surface area contributed by atoms with E-state index in [2.05, 4.69) is 0 Å². The second-order valence-corrected chi connectivity index (χ2v) is 18.6. The van der Waals surface area contributed by atoms with E-state index in [9.17, 15) is 49.8 Å². The van der Waals surface area contributed by atoms with Crippen molar-refractivity contribution in [3.63, 3.8) is 0 Å². The highest BCUT2D eigenvalue weighted by atomic mass is 16.6. The molecule has 0 spiro atoms. The number of Topliss-reactive ketones (excluding diaryl/α,β-unsaturated/α-hetero) is 2. The molecule has 67 heavy (non-hydrogen) atoms. The smallest absolute Gasteiger partial charge is 0.377 e. The molecule has 0 saturated heterocycles. The summed E-state index contributed by atoms with van der Waals surface area (Å²) in [7, 11) is 0. The van der Waals surface area contributed by atoms with E-state index in [-0.39, 0.29) is 30.4 Å². The summed E-state index contributed by atoms with van der Waals surface area (Å²) < 4.78 is 21.3. The van der Waals surface area contributed by atoms with E-state index in [0.29, 0.717) is 24.0 Å². The lowest BCUT2D eigenvalue weighted by Gasteiger charge is -2.37. The maximum atomic E-state index is 13.3. The Morgan fingerprint density at radius 2 is 0.985 bits per heavy atom. The summed E-state index contributed by atoms with van der Waals surface area (Å²) in [6, 6.07) is 0. The summed E-state index contributed by atoms with van der Waals surface area (Å²) in [6.07, 6.45) is 21.1. The molecule has 0 fully saturated rings. The van der Waals surface area contributed by atoms with Crippen LogP contribution in [0.4, 0.5) is 0 Å². The molecule has 0 amide bonds. The van der Waals surface area contributed by atoms with Crippen LogP contribution in [0.2, 0.25) is 0 Å². The topological polar surface area (TPSA) is 227 Å². The van der Waals surface area contributed by atoms with E-state index in [1.807, 2.05) is 140 Å². The maximum absolute atomic E-state index is 13.3. The zero-order chi connectivity index (χ0) is 50.0. The standard InChI is InChI=1S/C53H66O14/c1-30(17-13-19-32(3)21-23-37-34(5)43(57)41(25-52(37,7)8)64-28-39(55)48-36(27-54)45(59)50(62)66-48)15-11-12-16-31(2)18-14-20-33(4)22-24-38-35(6)44(58)42(26-53(38,9)10)65-29-40(56)49-46(60)47(61)51(63)67-49/h11-24,39-42,48-49,54-56,59-61H,25-29H2,1-10H3/b12-11+,17-13+,18-14+,23-21+,24-22+,30-15+,31-16+,32-19+,33-20+. The highest BCUT2D eigenvalue weighted by Crippen LogP contribution is 2.42. The van der Waals surface area contributed by atoms with Crippen LogP contribution in [-0.4, -0.2) is 111 Å². The maximum Gasteiger partial charge on any atom is 0.377 e. The van der Waals surface area contributed by atoms with Crippen LogP contribution in [0.25, 0.3) is 0 Å². The van der Waals surface area contributed by atoms with E-state index in [1.54, 1.807) is 13.8 Å². The molecular weight excluding hydrogens is 861 g/mol. The third-order valence-electron chi connectivity index (χ3n) is 12.1. The molecule has 2 aliphatic carbocycles. The van der Waals surface area contributed by atoms with E-state index in [0.717, 1.165) is 33.4 Å². The van der Waals surface area contributed by atoms with E-state index in [4.69, 9.17) is 18.9 Å². The van der Waals surface area contributed by atoms with Crippen molar-refractivity contribution < 1.29 is 68.8 Å². The first kappa shape index (κ1) is 53.7. The van der Waals surface area contributed by atoms with Gasteiger partial charge in [0.1, 0.15) is 24.4 Å². The highest BCUT2D eigenvalue weighted by molar-refractivity contribution is 6.01. The minimum atomic E-state index is -1.47. The second kappa shape index (κ2) is 23.2. The molecule has 14 heteroatoms. The van der Waals surface area contributed by atoms with Crippen molar-refractivity contribution in [3.05, 3.63) is 152 Å². The second-order valence-electron chi connectivity index (χ2n) is 18.6. The number of rotatable bonds is 19. The van der Waals surface area contributed by atoms with E-state index < -0.39 is 83.3 Å². The van der Waals surface area contributed by atoms with Crippen LogP contribution in [0, 0.1) is 10.8 Å². The first-order chi connectivity index (χ1) is 31.4. The van der Waals surface area contributed by atoms with Crippen molar-refractivity contribution in [1.29, 1.82) is 0 Å². The largest absolute Gasteiger partial charge is 0.505 e. The fraction of sp³-hybridized carbons (Fsp3) is 0.434. The van der Waals surface area contributed by atoms with Gasteiger partial charge in [0.25, 0.3) is 0 Å². The zero-order valence-corrected chi connectivity index (χ0v) is 40.0. The van der Waals surface area contributed by atoms with Crippen LogP contribution in [-0.2, 0) is 38.1 Å². The van der Waals surface area contributed by atoms with Crippen molar-refractivity contribution >= 4 is 23.5 Å². The molecule has 4 rings (SSSR count). The highest BCUT2D eigenvalue weighted by Gasteiger charge is 2.44. The van der Waals surface area contributed by atoms with Gasteiger partial charge in [-0.25, -0.2) is 9.59 Å². The SMILES string of the molecule is CC1=C(/C=C/C(C)=C/C=C/C(C)=C/C=C/C=C(C)/C=C/C=C(C)/C=C/C2=C(C)C(=O)C(OCC(O)C3OC(=O)C(O)=C3CO)CC2(C)C)C(C)(C)CC(OCC(O)C2OC(=O)C(O)=C2O)C1=O. The lowest BCUT2D eigenvalue weighted by molar-refractivity contribution is -0.151. The fourth-order valence-corrected chi connectivity index (χ4v) is 8.15. The summed E-state index contributed by atoms with van der Waals surface area (Å²) in [5.41, 5.74) is 5.88. The number of esters is 2. The van der Waals surface area contributed by atoms with Gasteiger partial charge < -0.3 is 49.6 Å². The third-order valence-corrected chi connectivity index (χ3v) is 12.1. The van der Waals surface area contributed by atoms with Gasteiger partial charge in [0.05, 0.1) is 19.8 Å². The molecule has 362 valence electrons. The Labute approximate surface area is 393 Å². The number of hydrogen-bond acceptors (Lipinski definition) is 14. The number of ether oxygens (including phenoxy) is 4. The molecule has 6 atom stereocenters. The number of carbonyl (C=O) groups excluding carboxylic acids is 4. The van der Waals surface area contributed by atoms with Crippen molar-refractivity contribution in [2.45, 2.75) is 119 Å². The Hall–Kier alpha value is -5.90. The van der Waals surface area contributed by atoms with Crippen LogP contribution in [0.3, 0.4) is 0 Å². The molecule has 0 radical (unpaired) electrons. The molecular formula is C53H66O14. The average molecular weight is 927 g/mol. The Morgan fingerprint density at radius 3 is 1.39 bits per heavy atom. The molecule has 2 heterocycles. The number of ketones is 2. The Morgan fingerprint density at radius 1 is 0.612 bits per heavy atom. The Bertz CT molecular complexity index is 2360. The number of aliphatic hydroxyl groups is 6. The van der Waals surface area contributed by atoms with Gasteiger partial charge in [-0.1, -0.05) is 135 Å². The third kappa shape index (κ3) is 13.8. The summed E-state index contributed by atoms with van der Waals surface area (Å²) in [5, 5.41) is 59.6. The van der Waals surface area contributed by atoms with Gasteiger partial charge >= 0.3 is 11.9 Å². The zero-order valence-electron chi connectivity index (χ0n) is 40.0. The predicted molar refractivity (Wildman–Crippen MR) is 253 cm³/mol. The predicted octanol–water partition coefficient (Wildman–Crippen LogP) is 7.66. The number of allylic oxidation sites excluding steroid dienone is 20. The minimum absolute atomic E-state index is 0.125. The van der Waals surface area contributed by atoms with Crippen molar-refractivity contribution in [1.82, 2.24) is 0 Å². The molecule has 6 N–H and O–H groups in total. The van der Waals surface area contributed by atoms with E-state index in [1.165, 1.54) is 0 Å².